The lowest BCUT2D eigenvalue weighted by Gasteiger charge is -2.16. The second-order valence-electron chi connectivity index (χ2n) is 6.67. The van der Waals surface area contributed by atoms with Crippen molar-refractivity contribution in [2.75, 3.05) is 14.2 Å². The molecular weight excluding hydrogens is 328 g/mol. The summed E-state index contributed by atoms with van der Waals surface area (Å²) in [5, 5.41) is 0. The van der Waals surface area contributed by atoms with E-state index in [4.69, 9.17) is 9.47 Å². The van der Waals surface area contributed by atoms with Crippen LogP contribution in [0.15, 0.2) is 36.4 Å². The SMILES string of the molecule is COC(=O)c1cc2c(C(=O)OC)cc1CCCCc1ccc(cc1)CC2. The summed E-state index contributed by atoms with van der Waals surface area (Å²) < 4.78 is 9.93. The van der Waals surface area contributed by atoms with Gasteiger partial charge in [-0.15, -0.1) is 0 Å². The van der Waals surface area contributed by atoms with Crippen LogP contribution in [-0.2, 0) is 35.2 Å². The van der Waals surface area contributed by atoms with Gasteiger partial charge in [0, 0.05) is 0 Å². The zero-order valence-corrected chi connectivity index (χ0v) is 15.3. The van der Waals surface area contributed by atoms with Crippen LogP contribution in [-0.4, -0.2) is 26.2 Å². The molecule has 0 amide bonds. The second kappa shape index (κ2) is 8.17. The first-order chi connectivity index (χ1) is 12.6. The van der Waals surface area contributed by atoms with Crippen molar-refractivity contribution in [2.24, 2.45) is 0 Å². The van der Waals surface area contributed by atoms with E-state index in [1.807, 2.05) is 12.1 Å². The summed E-state index contributed by atoms with van der Waals surface area (Å²) in [4.78, 5) is 24.6. The molecule has 4 nitrogen and oxygen atoms in total. The van der Waals surface area contributed by atoms with E-state index in [0.717, 1.165) is 43.2 Å². The summed E-state index contributed by atoms with van der Waals surface area (Å²) in [5.41, 5.74) is 5.33. The Kier molecular flexibility index (Phi) is 5.71. The highest BCUT2D eigenvalue weighted by molar-refractivity contribution is 5.96. The van der Waals surface area contributed by atoms with Gasteiger partial charge in [0.25, 0.3) is 0 Å². The number of carbonyl (C=O) groups is 2. The smallest absolute Gasteiger partial charge is 0.338 e. The summed E-state index contributed by atoms with van der Waals surface area (Å²) >= 11 is 0. The number of aryl methyl sites for hydroxylation is 4. The number of esters is 2. The number of hydrogen-bond acceptors (Lipinski definition) is 4. The Morgan fingerprint density at radius 3 is 1.69 bits per heavy atom. The van der Waals surface area contributed by atoms with Gasteiger partial charge in [0.05, 0.1) is 25.3 Å². The fourth-order valence-corrected chi connectivity index (χ4v) is 3.50. The molecule has 136 valence electrons. The van der Waals surface area contributed by atoms with Crippen molar-refractivity contribution in [2.45, 2.75) is 38.5 Å². The molecule has 0 spiro atoms. The Hall–Kier alpha value is -2.62. The lowest BCUT2D eigenvalue weighted by Crippen LogP contribution is -2.13. The quantitative estimate of drug-likeness (QED) is 0.769. The lowest BCUT2D eigenvalue weighted by molar-refractivity contribution is 0.0584. The number of ether oxygens (including phenoxy) is 2. The third-order valence-corrected chi connectivity index (χ3v) is 5.01. The minimum Gasteiger partial charge on any atom is -0.465 e. The molecule has 26 heavy (non-hydrogen) atoms. The molecule has 0 radical (unpaired) electrons. The molecule has 4 heteroatoms. The number of rotatable bonds is 2. The van der Waals surface area contributed by atoms with E-state index in [1.165, 1.54) is 25.3 Å². The maximum atomic E-state index is 12.3. The van der Waals surface area contributed by atoms with Crippen LogP contribution in [0.1, 0.15) is 55.8 Å². The lowest BCUT2D eigenvalue weighted by atomic mass is 9.90. The van der Waals surface area contributed by atoms with Gasteiger partial charge in [-0.2, -0.15) is 0 Å². The third-order valence-electron chi connectivity index (χ3n) is 5.01. The monoisotopic (exact) mass is 352 g/mol. The Morgan fingerprint density at radius 2 is 1.15 bits per heavy atom. The minimum atomic E-state index is -0.361. The van der Waals surface area contributed by atoms with Gasteiger partial charge in [0.1, 0.15) is 0 Å². The minimum absolute atomic E-state index is 0.354. The molecule has 4 bridgehead atoms. The zero-order valence-electron chi connectivity index (χ0n) is 15.3. The average molecular weight is 352 g/mol. The van der Waals surface area contributed by atoms with Crippen LogP contribution < -0.4 is 0 Å². The Labute approximate surface area is 154 Å². The van der Waals surface area contributed by atoms with Crippen LogP contribution in [0.25, 0.3) is 0 Å². The van der Waals surface area contributed by atoms with Crippen LogP contribution in [0.5, 0.6) is 0 Å². The Bertz CT molecular complexity index is 806. The van der Waals surface area contributed by atoms with Gasteiger partial charge in [-0.1, -0.05) is 24.3 Å². The van der Waals surface area contributed by atoms with Crippen molar-refractivity contribution in [3.63, 3.8) is 0 Å². The molecule has 0 heterocycles. The zero-order chi connectivity index (χ0) is 18.5. The molecule has 0 saturated heterocycles. The van der Waals surface area contributed by atoms with Crippen LogP contribution >= 0.6 is 0 Å². The maximum absolute atomic E-state index is 12.3. The molecule has 4 aliphatic rings. The van der Waals surface area contributed by atoms with E-state index in [2.05, 4.69) is 24.3 Å². The van der Waals surface area contributed by atoms with E-state index in [1.54, 1.807) is 0 Å². The molecule has 2 aromatic rings. The summed E-state index contributed by atoms with van der Waals surface area (Å²) in [6.07, 6.45) is 5.15. The molecule has 0 unspecified atom stereocenters. The molecule has 0 atom stereocenters. The van der Waals surface area contributed by atoms with E-state index in [-0.39, 0.29) is 11.9 Å². The summed E-state index contributed by atoms with van der Waals surface area (Å²) in [6, 6.07) is 12.3. The molecular formula is C22H24O4. The maximum Gasteiger partial charge on any atom is 0.338 e. The number of methoxy groups -OCH3 is 2. The van der Waals surface area contributed by atoms with Crippen LogP contribution in [0.4, 0.5) is 0 Å². The third kappa shape index (κ3) is 3.96. The van der Waals surface area contributed by atoms with Gasteiger partial charge in [-0.3, -0.25) is 0 Å². The van der Waals surface area contributed by atoms with Gasteiger partial charge in [0.15, 0.2) is 0 Å². The fourth-order valence-electron chi connectivity index (χ4n) is 3.50. The van der Waals surface area contributed by atoms with E-state index < -0.39 is 0 Å². The first kappa shape index (κ1) is 18.2. The van der Waals surface area contributed by atoms with Crippen LogP contribution in [0, 0.1) is 0 Å². The Morgan fingerprint density at radius 1 is 0.692 bits per heavy atom. The second-order valence-corrected chi connectivity index (χ2v) is 6.67. The molecule has 0 aliphatic heterocycles. The first-order valence-corrected chi connectivity index (χ1v) is 9.02. The molecule has 2 aromatic carbocycles. The van der Waals surface area contributed by atoms with Gasteiger partial charge in [-0.25, -0.2) is 9.59 Å². The Balaban J connectivity index is 2.07. The predicted molar refractivity (Wildman–Crippen MR) is 99.6 cm³/mol. The highest BCUT2D eigenvalue weighted by Crippen LogP contribution is 2.24. The van der Waals surface area contributed by atoms with Crippen LogP contribution in [0.3, 0.4) is 0 Å². The van der Waals surface area contributed by atoms with Crippen molar-refractivity contribution in [1.29, 1.82) is 0 Å². The van der Waals surface area contributed by atoms with Crippen molar-refractivity contribution in [1.82, 2.24) is 0 Å². The molecule has 0 fully saturated rings. The number of hydrogen-bond donors (Lipinski definition) is 0. The van der Waals surface area contributed by atoms with Gasteiger partial charge in [0.2, 0.25) is 0 Å². The standard InChI is InChI=1S/C22H24O4/c1-25-21(23)19-14-18-12-11-16-9-7-15(8-10-16)5-3-4-6-17(19)13-20(18)22(24)26-2/h7-10,13-14H,3-6,11-12H2,1-2H3. The van der Waals surface area contributed by atoms with Gasteiger partial charge in [-0.05, 0) is 72.9 Å². The van der Waals surface area contributed by atoms with Gasteiger partial charge >= 0.3 is 11.9 Å². The average Bonchev–Trinajstić information content (AvgIpc) is 2.69. The highest BCUT2D eigenvalue weighted by Gasteiger charge is 2.20. The van der Waals surface area contributed by atoms with Gasteiger partial charge < -0.3 is 9.47 Å². The largest absolute Gasteiger partial charge is 0.465 e. The number of carbonyl (C=O) groups excluding carboxylic acids is 2. The number of benzene rings is 2. The first-order valence-electron chi connectivity index (χ1n) is 9.02. The molecule has 0 saturated carbocycles. The molecule has 0 N–H and O–H groups in total. The van der Waals surface area contributed by atoms with E-state index >= 15 is 0 Å². The normalized spacial score (nSPS) is 13.9. The molecule has 4 aliphatic carbocycles. The van der Waals surface area contributed by atoms with E-state index in [9.17, 15) is 9.59 Å². The van der Waals surface area contributed by atoms with E-state index in [0.29, 0.717) is 17.5 Å². The van der Waals surface area contributed by atoms with Crippen molar-refractivity contribution < 1.29 is 19.1 Å². The van der Waals surface area contributed by atoms with Crippen molar-refractivity contribution >= 4 is 11.9 Å². The van der Waals surface area contributed by atoms with Crippen molar-refractivity contribution in [3.05, 3.63) is 69.8 Å². The summed E-state index contributed by atoms with van der Waals surface area (Å²) in [7, 11) is 2.77. The summed E-state index contributed by atoms with van der Waals surface area (Å²) in [6.45, 7) is 0. The topological polar surface area (TPSA) is 52.6 Å². The summed E-state index contributed by atoms with van der Waals surface area (Å²) in [5.74, 6) is -0.715. The molecule has 6 rings (SSSR count). The van der Waals surface area contributed by atoms with Crippen molar-refractivity contribution in [3.8, 4) is 0 Å². The van der Waals surface area contributed by atoms with Crippen LogP contribution in [0.2, 0.25) is 0 Å². The molecule has 0 aromatic heterocycles. The highest BCUT2D eigenvalue weighted by atomic mass is 16.5. The fraction of sp³-hybridized carbons (Fsp3) is 0.364. The predicted octanol–water partition coefficient (Wildman–Crippen LogP) is 3.92.